The van der Waals surface area contributed by atoms with Crippen LogP contribution in [0.4, 0.5) is 0 Å². The summed E-state index contributed by atoms with van der Waals surface area (Å²) in [4.78, 5) is 12.6. The molecular weight excluding hydrogens is 454 g/mol. The van der Waals surface area contributed by atoms with Crippen molar-refractivity contribution in [1.82, 2.24) is 10.9 Å². The summed E-state index contributed by atoms with van der Waals surface area (Å²) < 4.78 is 49.4. The third kappa shape index (κ3) is 8.38. The summed E-state index contributed by atoms with van der Waals surface area (Å²) >= 11 is 0. The van der Waals surface area contributed by atoms with Gasteiger partial charge in [0.1, 0.15) is 5.78 Å². The molecule has 0 saturated carbocycles. The van der Waals surface area contributed by atoms with Crippen molar-refractivity contribution in [2.24, 2.45) is 5.92 Å². The van der Waals surface area contributed by atoms with Gasteiger partial charge in [0.15, 0.2) is 0 Å². The SMILES string of the molecule is CCOP(=O)(OCC)C(CC(C(C)C)P(=O)(OCC)OCC)NNC(=O)c1ccccc1. The first-order valence-corrected chi connectivity index (χ1v) is 14.3. The first kappa shape index (κ1) is 29.0. The summed E-state index contributed by atoms with van der Waals surface area (Å²) in [7, 11) is -7.27. The largest absolute Gasteiger partial charge is 0.349 e. The van der Waals surface area contributed by atoms with Crippen LogP contribution in [-0.2, 0) is 27.2 Å². The quantitative estimate of drug-likeness (QED) is 0.239. The van der Waals surface area contributed by atoms with E-state index in [0.29, 0.717) is 5.56 Å². The maximum absolute atomic E-state index is 13.6. The van der Waals surface area contributed by atoms with Crippen molar-refractivity contribution in [1.29, 1.82) is 0 Å². The van der Waals surface area contributed by atoms with E-state index in [1.807, 2.05) is 13.8 Å². The van der Waals surface area contributed by atoms with Gasteiger partial charge in [-0.25, -0.2) is 5.43 Å². The minimum absolute atomic E-state index is 0.0707. The van der Waals surface area contributed by atoms with Gasteiger partial charge in [0.05, 0.1) is 32.1 Å². The van der Waals surface area contributed by atoms with Crippen LogP contribution in [0.5, 0.6) is 0 Å². The lowest BCUT2D eigenvalue weighted by Gasteiger charge is -2.34. The molecule has 0 radical (unpaired) electrons. The van der Waals surface area contributed by atoms with Crippen LogP contribution >= 0.6 is 15.2 Å². The normalized spacial score (nSPS) is 14.3. The molecule has 2 unspecified atom stereocenters. The van der Waals surface area contributed by atoms with Crippen molar-refractivity contribution >= 4 is 21.1 Å². The summed E-state index contributed by atoms with van der Waals surface area (Å²) in [5, 5.41) is 0. The predicted octanol–water partition coefficient (Wildman–Crippen LogP) is 5.19. The fourth-order valence-corrected chi connectivity index (χ4v) is 7.64. The molecule has 11 heteroatoms. The number of hydrazine groups is 1. The molecule has 2 atom stereocenters. The summed E-state index contributed by atoms with van der Waals surface area (Å²) in [5.41, 5.74) is 5.23. The van der Waals surface area contributed by atoms with E-state index >= 15 is 0 Å². The van der Waals surface area contributed by atoms with Gasteiger partial charge in [0.2, 0.25) is 0 Å². The van der Waals surface area contributed by atoms with E-state index in [0.717, 1.165) is 0 Å². The molecule has 0 spiro atoms. The van der Waals surface area contributed by atoms with E-state index in [-0.39, 0.29) is 38.8 Å². The van der Waals surface area contributed by atoms with Crippen molar-refractivity contribution in [2.75, 3.05) is 26.4 Å². The van der Waals surface area contributed by atoms with Gasteiger partial charge in [0.25, 0.3) is 5.91 Å². The molecule has 0 bridgehead atoms. The van der Waals surface area contributed by atoms with Crippen LogP contribution in [0.3, 0.4) is 0 Å². The Bertz CT molecular complexity index is 757. The number of amides is 1. The zero-order chi connectivity index (χ0) is 24.2. The zero-order valence-electron chi connectivity index (χ0n) is 19.9. The lowest BCUT2D eigenvalue weighted by Crippen LogP contribution is -2.46. The average Bonchev–Trinajstić information content (AvgIpc) is 2.74. The molecule has 9 nitrogen and oxygen atoms in total. The Kier molecular flexibility index (Phi) is 12.9. The first-order chi connectivity index (χ1) is 15.2. The Hall–Kier alpha value is -1.05. The van der Waals surface area contributed by atoms with Crippen LogP contribution in [0.1, 0.15) is 58.3 Å². The van der Waals surface area contributed by atoms with E-state index < -0.39 is 32.5 Å². The second-order valence-corrected chi connectivity index (χ2v) is 11.8. The van der Waals surface area contributed by atoms with Crippen molar-refractivity contribution in [2.45, 2.75) is 59.4 Å². The molecule has 1 aromatic rings. The first-order valence-electron chi connectivity index (χ1n) is 11.1. The van der Waals surface area contributed by atoms with Crippen LogP contribution < -0.4 is 10.9 Å². The highest BCUT2D eigenvalue weighted by molar-refractivity contribution is 7.55. The van der Waals surface area contributed by atoms with E-state index in [2.05, 4.69) is 10.9 Å². The Morgan fingerprint density at radius 2 is 1.31 bits per heavy atom. The molecular formula is C21H38N2O7P2. The molecule has 0 saturated heterocycles. The highest BCUT2D eigenvalue weighted by Crippen LogP contribution is 2.61. The van der Waals surface area contributed by atoms with Crippen LogP contribution in [-0.4, -0.2) is 43.8 Å². The number of benzene rings is 1. The summed E-state index contributed by atoms with van der Waals surface area (Å²) in [6.45, 7) is 11.4. The molecule has 0 aliphatic rings. The summed E-state index contributed by atoms with van der Waals surface area (Å²) in [6, 6.07) is 8.61. The maximum atomic E-state index is 13.6. The van der Waals surface area contributed by atoms with Crippen molar-refractivity contribution in [3.8, 4) is 0 Å². The van der Waals surface area contributed by atoms with E-state index in [1.165, 1.54) is 0 Å². The second kappa shape index (κ2) is 14.3. The molecule has 1 aromatic carbocycles. The number of carbonyl (C=O) groups excluding carboxylic acids is 1. The molecule has 1 rings (SSSR count). The highest BCUT2D eigenvalue weighted by Gasteiger charge is 2.45. The minimum atomic E-state index is -3.74. The number of nitrogens with one attached hydrogen (secondary N) is 2. The van der Waals surface area contributed by atoms with Gasteiger partial charge in [0, 0.05) is 5.56 Å². The molecule has 2 N–H and O–H groups in total. The third-order valence-corrected chi connectivity index (χ3v) is 9.84. The number of carbonyl (C=O) groups is 1. The smallest absolute Gasteiger partial charge is 0.309 e. The van der Waals surface area contributed by atoms with E-state index in [1.54, 1.807) is 58.0 Å². The van der Waals surface area contributed by atoms with Crippen LogP contribution in [0.2, 0.25) is 0 Å². The maximum Gasteiger partial charge on any atom is 0.349 e. The lowest BCUT2D eigenvalue weighted by molar-refractivity contribution is 0.0926. The van der Waals surface area contributed by atoms with E-state index in [9.17, 15) is 13.9 Å². The van der Waals surface area contributed by atoms with Gasteiger partial charge < -0.3 is 18.1 Å². The van der Waals surface area contributed by atoms with Gasteiger partial charge in [-0.1, -0.05) is 32.0 Å². The molecule has 1 amide bonds. The molecule has 184 valence electrons. The molecule has 0 fully saturated rings. The molecule has 0 heterocycles. The average molecular weight is 492 g/mol. The third-order valence-electron chi connectivity index (χ3n) is 4.65. The fourth-order valence-electron chi connectivity index (χ4n) is 3.24. The summed E-state index contributed by atoms with van der Waals surface area (Å²) in [5.74, 6) is -1.52. The fraction of sp³-hybridized carbons (Fsp3) is 0.667. The number of hydrogen-bond donors (Lipinski definition) is 2. The zero-order valence-corrected chi connectivity index (χ0v) is 21.7. The topological polar surface area (TPSA) is 112 Å². The minimum Gasteiger partial charge on any atom is -0.309 e. The monoisotopic (exact) mass is 492 g/mol. The summed E-state index contributed by atoms with van der Waals surface area (Å²) in [6.07, 6.45) is 0.0707. The molecule has 0 aliphatic heterocycles. The van der Waals surface area contributed by atoms with Gasteiger partial charge in [-0.2, -0.15) is 0 Å². The number of hydrogen-bond acceptors (Lipinski definition) is 8. The Morgan fingerprint density at radius 3 is 1.75 bits per heavy atom. The lowest BCUT2D eigenvalue weighted by atomic mass is 10.1. The van der Waals surface area contributed by atoms with Crippen molar-refractivity contribution in [3.05, 3.63) is 35.9 Å². The van der Waals surface area contributed by atoms with Crippen molar-refractivity contribution in [3.63, 3.8) is 0 Å². The van der Waals surface area contributed by atoms with Gasteiger partial charge >= 0.3 is 15.2 Å². The van der Waals surface area contributed by atoms with Gasteiger partial charge in [-0.05, 0) is 52.2 Å². The standard InChI is InChI=1S/C21H38N2O7P2/c1-7-27-31(25,28-8-2)19(17(5)6)16-20(32(26,29-9-3)30-10-4)22-23-21(24)18-14-12-11-13-15-18/h11-15,17,19-20,22H,7-10,16H2,1-6H3,(H,23,24). The molecule has 0 aromatic heterocycles. The Morgan fingerprint density at radius 1 is 0.844 bits per heavy atom. The second-order valence-electron chi connectivity index (χ2n) is 7.28. The molecule has 0 aliphatic carbocycles. The van der Waals surface area contributed by atoms with E-state index in [4.69, 9.17) is 18.1 Å². The molecule has 32 heavy (non-hydrogen) atoms. The van der Waals surface area contributed by atoms with Gasteiger partial charge in [-0.15, -0.1) is 0 Å². The predicted molar refractivity (Wildman–Crippen MR) is 126 cm³/mol. The van der Waals surface area contributed by atoms with Crippen LogP contribution in [0, 0.1) is 5.92 Å². The van der Waals surface area contributed by atoms with Crippen molar-refractivity contribution < 1.29 is 32.0 Å². The number of rotatable bonds is 16. The van der Waals surface area contributed by atoms with Gasteiger partial charge in [-0.3, -0.25) is 19.4 Å². The Labute approximate surface area is 192 Å². The van der Waals surface area contributed by atoms with Crippen LogP contribution in [0.25, 0.3) is 0 Å². The Balaban J connectivity index is 3.25. The van der Waals surface area contributed by atoms with Crippen LogP contribution in [0.15, 0.2) is 30.3 Å². The highest BCUT2D eigenvalue weighted by atomic mass is 31.2.